The molecule has 7 heteroatoms. The molecule has 0 spiro atoms. The molecular weight excluding hydrogens is 402 g/mol. The van der Waals surface area contributed by atoms with Crippen molar-refractivity contribution in [2.45, 2.75) is 0 Å². The number of pyridine rings is 2. The van der Waals surface area contributed by atoms with Crippen molar-refractivity contribution in [3.63, 3.8) is 0 Å². The van der Waals surface area contributed by atoms with Gasteiger partial charge in [-0.1, -0.05) is 29.8 Å². The number of fused-ring (bicyclic) bond motifs is 1. The standard InChI is InChI=1S/C23H18ClN3O3/c1-29-15-10-18(24)22(21(11-15)30-2)27-23(28)17-12-20(14-6-5-9-25-13-14)26-19-8-4-3-7-16(17)19/h3-13H,1-2H3,(H,27,28). The van der Waals surface area contributed by atoms with E-state index in [1.165, 1.54) is 14.2 Å². The average molecular weight is 420 g/mol. The number of halogens is 1. The molecule has 4 rings (SSSR count). The Balaban J connectivity index is 1.81. The second kappa shape index (κ2) is 8.39. The van der Waals surface area contributed by atoms with Crippen LogP contribution in [0.4, 0.5) is 5.69 Å². The summed E-state index contributed by atoms with van der Waals surface area (Å²) in [5.74, 6) is 0.603. The molecule has 150 valence electrons. The quantitative estimate of drug-likeness (QED) is 0.480. The van der Waals surface area contributed by atoms with Crippen LogP contribution in [-0.4, -0.2) is 30.1 Å². The number of anilines is 1. The van der Waals surface area contributed by atoms with Crippen LogP contribution < -0.4 is 14.8 Å². The maximum atomic E-state index is 13.3. The lowest BCUT2D eigenvalue weighted by Crippen LogP contribution is -2.14. The summed E-state index contributed by atoms with van der Waals surface area (Å²) in [6, 6.07) is 16.2. The maximum absolute atomic E-state index is 13.3. The Kier molecular flexibility index (Phi) is 5.50. The summed E-state index contributed by atoms with van der Waals surface area (Å²) in [5, 5.41) is 3.91. The summed E-state index contributed by atoms with van der Waals surface area (Å²) in [5.41, 5.74) is 3.01. The summed E-state index contributed by atoms with van der Waals surface area (Å²) in [7, 11) is 3.04. The molecule has 1 amide bonds. The third-order valence-electron chi connectivity index (χ3n) is 4.64. The van der Waals surface area contributed by atoms with Crippen molar-refractivity contribution in [1.82, 2.24) is 9.97 Å². The van der Waals surface area contributed by atoms with Crippen molar-refractivity contribution in [3.05, 3.63) is 77.6 Å². The van der Waals surface area contributed by atoms with E-state index < -0.39 is 0 Å². The van der Waals surface area contributed by atoms with Gasteiger partial charge in [-0.3, -0.25) is 9.78 Å². The van der Waals surface area contributed by atoms with Crippen molar-refractivity contribution in [1.29, 1.82) is 0 Å². The van der Waals surface area contributed by atoms with Crippen LogP contribution in [0.1, 0.15) is 10.4 Å². The first kappa shape index (κ1) is 19.7. The van der Waals surface area contributed by atoms with E-state index in [1.54, 1.807) is 30.6 Å². The van der Waals surface area contributed by atoms with E-state index in [2.05, 4.69) is 15.3 Å². The van der Waals surface area contributed by atoms with Crippen molar-refractivity contribution >= 4 is 34.1 Å². The molecule has 0 unspecified atom stereocenters. The van der Waals surface area contributed by atoms with E-state index in [9.17, 15) is 4.79 Å². The molecule has 0 radical (unpaired) electrons. The number of carbonyl (C=O) groups is 1. The number of para-hydroxylation sites is 1. The summed E-state index contributed by atoms with van der Waals surface area (Å²) in [6.07, 6.45) is 3.40. The number of aromatic nitrogens is 2. The minimum absolute atomic E-state index is 0.311. The highest BCUT2D eigenvalue weighted by Gasteiger charge is 2.18. The molecule has 0 aliphatic carbocycles. The highest BCUT2D eigenvalue weighted by molar-refractivity contribution is 6.34. The highest BCUT2D eigenvalue weighted by atomic mass is 35.5. The molecular formula is C23H18ClN3O3. The third kappa shape index (κ3) is 3.77. The lowest BCUT2D eigenvalue weighted by molar-refractivity contribution is 0.102. The zero-order valence-electron chi connectivity index (χ0n) is 16.3. The van der Waals surface area contributed by atoms with E-state index in [0.29, 0.717) is 39.0 Å². The minimum Gasteiger partial charge on any atom is -0.497 e. The number of rotatable bonds is 5. The Bertz CT molecular complexity index is 1230. The minimum atomic E-state index is -0.330. The molecule has 1 N–H and O–H groups in total. The van der Waals surface area contributed by atoms with Gasteiger partial charge in [0.2, 0.25) is 0 Å². The number of hydrogen-bond acceptors (Lipinski definition) is 5. The van der Waals surface area contributed by atoms with Gasteiger partial charge in [0.15, 0.2) is 0 Å². The number of hydrogen-bond donors (Lipinski definition) is 1. The molecule has 0 bridgehead atoms. The van der Waals surface area contributed by atoms with Crippen LogP contribution in [0.25, 0.3) is 22.2 Å². The van der Waals surface area contributed by atoms with Crippen LogP contribution >= 0.6 is 11.6 Å². The summed E-state index contributed by atoms with van der Waals surface area (Å²) < 4.78 is 10.6. The number of nitrogens with one attached hydrogen (secondary N) is 1. The van der Waals surface area contributed by atoms with Gasteiger partial charge < -0.3 is 14.8 Å². The number of ether oxygens (including phenoxy) is 2. The van der Waals surface area contributed by atoms with Gasteiger partial charge in [-0.25, -0.2) is 4.98 Å². The largest absolute Gasteiger partial charge is 0.497 e. The normalized spacial score (nSPS) is 10.6. The molecule has 0 fully saturated rings. The molecule has 4 aromatic rings. The first-order valence-corrected chi connectivity index (χ1v) is 9.51. The van der Waals surface area contributed by atoms with Crippen molar-refractivity contribution in [2.24, 2.45) is 0 Å². The van der Waals surface area contributed by atoms with Gasteiger partial charge in [-0.05, 0) is 24.3 Å². The second-order valence-corrected chi connectivity index (χ2v) is 6.86. The number of benzene rings is 2. The predicted molar refractivity (Wildman–Crippen MR) is 117 cm³/mol. The predicted octanol–water partition coefficient (Wildman–Crippen LogP) is 5.22. The number of methoxy groups -OCH3 is 2. The van der Waals surface area contributed by atoms with Gasteiger partial charge in [0, 0.05) is 35.5 Å². The lowest BCUT2D eigenvalue weighted by atomic mass is 10.0. The summed E-state index contributed by atoms with van der Waals surface area (Å²) in [4.78, 5) is 22.1. The van der Waals surface area contributed by atoms with Gasteiger partial charge >= 0.3 is 0 Å². The third-order valence-corrected chi connectivity index (χ3v) is 4.94. The average Bonchev–Trinajstić information content (AvgIpc) is 2.79. The van der Waals surface area contributed by atoms with Crippen LogP contribution in [0.5, 0.6) is 11.5 Å². The molecule has 0 saturated heterocycles. The molecule has 0 aliphatic rings. The molecule has 6 nitrogen and oxygen atoms in total. The molecule has 0 saturated carbocycles. The van der Waals surface area contributed by atoms with Crippen LogP contribution in [0.15, 0.2) is 67.0 Å². The highest BCUT2D eigenvalue weighted by Crippen LogP contribution is 2.37. The molecule has 0 atom stereocenters. The van der Waals surface area contributed by atoms with E-state index in [1.807, 2.05) is 36.4 Å². The molecule has 2 aromatic carbocycles. The fraction of sp³-hybridized carbons (Fsp3) is 0.0870. The zero-order valence-corrected chi connectivity index (χ0v) is 17.1. The summed E-state index contributed by atoms with van der Waals surface area (Å²) >= 11 is 6.37. The number of amides is 1. The SMILES string of the molecule is COc1cc(Cl)c(NC(=O)c2cc(-c3cccnc3)nc3ccccc23)c(OC)c1. The smallest absolute Gasteiger partial charge is 0.256 e. The topological polar surface area (TPSA) is 73.3 Å². The molecule has 2 heterocycles. The monoisotopic (exact) mass is 419 g/mol. The fourth-order valence-corrected chi connectivity index (χ4v) is 3.41. The van der Waals surface area contributed by atoms with Gasteiger partial charge in [-0.2, -0.15) is 0 Å². The first-order valence-electron chi connectivity index (χ1n) is 9.13. The molecule has 30 heavy (non-hydrogen) atoms. The van der Waals surface area contributed by atoms with E-state index >= 15 is 0 Å². The van der Waals surface area contributed by atoms with Gasteiger partial charge in [0.05, 0.1) is 36.0 Å². The van der Waals surface area contributed by atoms with Crippen molar-refractivity contribution in [2.75, 3.05) is 19.5 Å². The fourth-order valence-electron chi connectivity index (χ4n) is 3.16. The van der Waals surface area contributed by atoms with E-state index in [-0.39, 0.29) is 5.91 Å². The van der Waals surface area contributed by atoms with Gasteiger partial charge in [-0.15, -0.1) is 0 Å². The zero-order chi connectivity index (χ0) is 21.1. The Morgan fingerprint density at radius 3 is 2.60 bits per heavy atom. The molecule has 2 aromatic heterocycles. The van der Waals surface area contributed by atoms with Gasteiger partial charge in [0.1, 0.15) is 17.2 Å². The molecule has 0 aliphatic heterocycles. The summed E-state index contributed by atoms with van der Waals surface area (Å²) in [6.45, 7) is 0. The van der Waals surface area contributed by atoms with Crippen LogP contribution in [-0.2, 0) is 0 Å². The van der Waals surface area contributed by atoms with E-state index in [0.717, 1.165) is 10.9 Å². The first-order chi connectivity index (χ1) is 14.6. The number of carbonyl (C=O) groups excluding carboxylic acids is 1. The van der Waals surface area contributed by atoms with Crippen LogP contribution in [0.2, 0.25) is 5.02 Å². The van der Waals surface area contributed by atoms with Crippen LogP contribution in [0, 0.1) is 0 Å². The Morgan fingerprint density at radius 2 is 1.87 bits per heavy atom. The van der Waals surface area contributed by atoms with Crippen LogP contribution in [0.3, 0.4) is 0 Å². The van der Waals surface area contributed by atoms with Gasteiger partial charge in [0.25, 0.3) is 5.91 Å². The maximum Gasteiger partial charge on any atom is 0.256 e. The van der Waals surface area contributed by atoms with E-state index in [4.69, 9.17) is 21.1 Å². The Morgan fingerprint density at radius 1 is 1.03 bits per heavy atom. The second-order valence-electron chi connectivity index (χ2n) is 6.45. The Hall–Kier alpha value is -3.64. The number of nitrogens with zero attached hydrogens (tertiary/aromatic N) is 2. The Labute approximate surface area is 178 Å². The van der Waals surface area contributed by atoms with Crippen molar-refractivity contribution in [3.8, 4) is 22.8 Å². The van der Waals surface area contributed by atoms with Crippen molar-refractivity contribution < 1.29 is 14.3 Å². The lowest BCUT2D eigenvalue weighted by Gasteiger charge is -2.15.